The zero-order valence-electron chi connectivity index (χ0n) is 9.97. The summed E-state index contributed by atoms with van der Waals surface area (Å²) >= 11 is 1.78. The van der Waals surface area contributed by atoms with Crippen LogP contribution in [-0.4, -0.2) is 4.98 Å². The van der Waals surface area contributed by atoms with Crippen LogP contribution in [0.2, 0.25) is 0 Å². The highest BCUT2D eigenvalue weighted by Gasteiger charge is 2.00. The molecule has 0 radical (unpaired) electrons. The quantitative estimate of drug-likeness (QED) is 0.769. The summed E-state index contributed by atoms with van der Waals surface area (Å²) in [6.07, 6.45) is 3.86. The average Bonchev–Trinajstić information content (AvgIpc) is 2.92. The van der Waals surface area contributed by atoms with E-state index in [0.717, 1.165) is 13.1 Å². The summed E-state index contributed by atoms with van der Waals surface area (Å²) in [4.78, 5) is 5.66. The van der Waals surface area contributed by atoms with E-state index in [4.69, 9.17) is 0 Å². The molecule has 0 saturated heterocycles. The number of benzene rings is 1. The largest absolute Gasteiger partial charge is 0.308 e. The Kier molecular flexibility index (Phi) is 3.35. The van der Waals surface area contributed by atoms with E-state index in [-0.39, 0.29) is 0 Å². The van der Waals surface area contributed by atoms with E-state index in [9.17, 15) is 0 Å². The fourth-order valence-electron chi connectivity index (χ4n) is 2.05. The molecular formula is C15H14N2S. The van der Waals surface area contributed by atoms with Crippen LogP contribution in [0.3, 0.4) is 0 Å². The van der Waals surface area contributed by atoms with E-state index >= 15 is 0 Å². The minimum atomic E-state index is 0.853. The van der Waals surface area contributed by atoms with Crippen molar-refractivity contribution in [1.29, 1.82) is 0 Å². The molecule has 3 heteroatoms. The molecule has 0 amide bonds. The number of hydrogen-bond donors (Lipinski definition) is 1. The van der Waals surface area contributed by atoms with Crippen LogP contribution in [0.1, 0.15) is 10.4 Å². The van der Waals surface area contributed by atoms with Gasteiger partial charge in [0.2, 0.25) is 0 Å². The molecule has 2 aromatic heterocycles. The summed E-state index contributed by atoms with van der Waals surface area (Å²) in [6.45, 7) is 1.77. The van der Waals surface area contributed by atoms with Gasteiger partial charge < -0.3 is 5.32 Å². The third-order valence-electron chi connectivity index (χ3n) is 2.95. The number of rotatable bonds is 4. The Hall–Kier alpha value is -1.71. The van der Waals surface area contributed by atoms with Gasteiger partial charge in [-0.1, -0.05) is 30.3 Å². The Bertz CT molecular complexity index is 627. The molecule has 1 N–H and O–H groups in total. The highest BCUT2D eigenvalue weighted by atomic mass is 32.1. The summed E-state index contributed by atoms with van der Waals surface area (Å²) in [6, 6.07) is 12.6. The van der Waals surface area contributed by atoms with Crippen molar-refractivity contribution in [2.24, 2.45) is 0 Å². The van der Waals surface area contributed by atoms with Crippen LogP contribution in [0, 0.1) is 0 Å². The molecule has 0 fully saturated rings. The van der Waals surface area contributed by atoms with Crippen LogP contribution in [-0.2, 0) is 13.1 Å². The first kappa shape index (κ1) is 11.4. The van der Waals surface area contributed by atoms with Crippen LogP contribution in [0.5, 0.6) is 0 Å². The van der Waals surface area contributed by atoms with Gasteiger partial charge in [-0.15, -0.1) is 11.3 Å². The molecule has 2 heterocycles. The van der Waals surface area contributed by atoms with Crippen LogP contribution in [0.25, 0.3) is 10.8 Å². The van der Waals surface area contributed by atoms with Gasteiger partial charge in [-0.3, -0.25) is 4.98 Å². The second-order valence-electron chi connectivity index (χ2n) is 4.20. The molecule has 1 aromatic carbocycles. The second-order valence-corrected chi connectivity index (χ2v) is 5.23. The fourth-order valence-corrected chi connectivity index (χ4v) is 2.73. The first-order valence-corrected chi connectivity index (χ1v) is 6.86. The van der Waals surface area contributed by atoms with Gasteiger partial charge in [0.1, 0.15) is 0 Å². The highest BCUT2D eigenvalue weighted by Crippen LogP contribution is 2.17. The fraction of sp³-hybridized carbons (Fsp3) is 0.133. The molecule has 90 valence electrons. The van der Waals surface area contributed by atoms with Gasteiger partial charge in [0.05, 0.1) is 0 Å². The van der Waals surface area contributed by atoms with Crippen molar-refractivity contribution in [3.63, 3.8) is 0 Å². The first-order chi connectivity index (χ1) is 8.93. The maximum Gasteiger partial charge on any atom is 0.0346 e. The van der Waals surface area contributed by atoms with Crippen molar-refractivity contribution in [3.8, 4) is 0 Å². The number of fused-ring (bicyclic) bond motifs is 1. The zero-order chi connectivity index (χ0) is 12.2. The summed E-state index contributed by atoms with van der Waals surface area (Å²) < 4.78 is 0. The molecule has 0 atom stereocenters. The number of aromatic nitrogens is 1. The third-order valence-corrected chi connectivity index (χ3v) is 3.82. The van der Waals surface area contributed by atoms with Crippen molar-refractivity contribution >= 4 is 22.1 Å². The molecule has 0 spiro atoms. The number of hydrogen-bond acceptors (Lipinski definition) is 3. The summed E-state index contributed by atoms with van der Waals surface area (Å²) in [5, 5.41) is 8.06. The van der Waals surface area contributed by atoms with Gasteiger partial charge in [-0.25, -0.2) is 0 Å². The average molecular weight is 254 g/mol. The Balaban J connectivity index is 1.74. The van der Waals surface area contributed by atoms with Crippen molar-refractivity contribution < 1.29 is 0 Å². The summed E-state index contributed by atoms with van der Waals surface area (Å²) in [7, 11) is 0. The SMILES string of the molecule is c1csc(CNCc2cncc3ccccc23)c1. The van der Waals surface area contributed by atoms with Crippen LogP contribution in [0.4, 0.5) is 0 Å². The topological polar surface area (TPSA) is 24.9 Å². The first-order valence-electron chi connectivity index (χ1n) is 5.98. The minimum Gasteiger partial charge on any atom is -0.308 e. The molecule has 18 heavy (non-hydrogen) atoms. The van der Waals surface area contributed by atoms with Crippen molar-refractivity contribution in [1.82, 2.24) is 10.3 Å². The highest BCUT2D eigenvalue weighted by molar-refractivity contribution is 7.09. The van der Waals surface area contributed by atoms with Gasteiger partial charge in [0.25, 0.3) is 0 Å². The molecule has 3 aromatic rings. The molecule has 0 unspecified atom stereocenters. The zero-order valence-corrected chi connectivity index (χ0v) is 10.8. The molecule has 0 aliphatic heterocycles. The van der Waals surface area contributed by atoms with Crippen molar-refractivity contribution in [3.05, 3.63) is 64.6 Å². The molecule has 0 bridgehead atoms. The Morgan fingerprint density at radius 3 is 2.83 bits per heavy atom. The number of nitrogens with zero attached hydrogens (tertiary/aromatic N) is 1. The lowest BCUT2D eigenvalue weighted by molar-refractivity contribution is 0.702. The third kappa shape index (κ3) is 2.42. The van der Waals surface area contributed by atoms with Crippen molar-refractivity contribution in [2.45, 2.75) is 13.1 Å². The van der Waals surface area contributed by atoms with Gasteiger partial charge in [-0.2, -0.15) is 0 Å². The summed E-state index contributed by atoms with van der Waals surface area (Å²) in [5.74, 6) is 0. The number of thiophene rings is 1. The molecule has 0 saturated carbocycles. The standard InChI is InChI=1S/C15H14N2S/c1-2-6-15-12(4-1)8-16-9-13(15)10-17-11-14-5-3-7-18-14/h1-9,17H,10-11H2. The van der Waals surface area contributed by atoms with Gasteiger partial charge in [-0.05, 0) is 22.4 Å². The van der Waals surface area contributed by atoms with Crippen LogP contribution < -0.4 is 5.32 Å². The number of nitrogens with one attached hydrogen (secondary N) is 1. The molecule has 0 aliphatic carbocycles. The van der Waals surface area contributed by atoms with E-state index in [1.807, 2.05) is 18.5 Å². The molecular weight excluding hydrogens is 240 g/mol. The normalized spacial score (nSPS) is 10.9. The maximum absolute atomic E-state index is 4.29. The Labute approximate surface area is 110 Å². The lowest BCUT2D eigenvalue weighted by atomic mass is 10.1. The van der Waals surface area contributed by atoms with E-state index in [0.29, 0.717) is 0 Å². The summed E-state index contributed by atoms with van der Waals surface area (Å²) in [5.41, 5.74) is 1.25. The Morgan fingerprint density at radius 1 is 1.00 bits per heavy atom. The van der Waals surface area contributed by atoms with E-state index in [1.165, 1.54) is 21.2 Å². The van der Waals surface area contributed by atoms with Gasteiger partial charge in [0.15, 0.2) is 0 Å². The predicted molar refractivity (Wildman–Crippen MR) is 76.6 cm³/mol. The van der Waals surface area contributed by atoms with Crippen LogP contribution >= 0.6 is 11.3 Å². The Morgan fingerprint density at radius 2 is 1.94 bits per heavy atom. The van der Waals surface area contributed by atoms with E-state index in [1.54, 1.807) is 11.3 Å². The monoisotopic (exact) mass is 254 g/mol. The lowest BCUT2D eigenvalue weighted by Gasteiger charge is -2.06. The number of pyridine rings is 1. The minimum absolute atomic E-state index is 0.853. The van der Waals surface area contributed by atoms with Gasteiger partial charge in [0, 0.05) is 35.7 Å². The second kappa shape index (κ2) is 5.29. The molecule has 3 rings (SSSR count). The predicted octanol–water partition coefficient (Wildman–Crippen LogP) is 3.59. The van der Waals surface area contributed by atoms with E-state index < -0.39 is 0 Å². The lowest BCUT2D eigenvalue weighted by Crippen LogP contribution is -2.12. The smallest absolute Gasteiger partial charge is 0.0346 e. The van der Waals surface area contributed by atoms with Crippen molar-refractivity contribution in [2.75, 3.05) is 0 Å². The maximum atomic E-state index is 4.29. The van der Waals surface area contributed by atoms with Crippen LogP contribution in [0.15, 0.2) is 54.2 Å². The van der Waals surface area contributed by atoms with Gasteiger partial charge >= 0.3 is 0 Å². The molecule has 2 nitrogen and oxygen atoms in total. The van der Waals surface area contributed by atoms with E-state index in [2.05, 4.69) is 46.0 Å². The molecule has 0 aliphatic rings.